The number of nitro groups is 1. The van der Waals surface area contributed by atoms with Crippen molar-refractivity contribution < 1.29 is 4.92 Å². The molecule has 0 bridgehead atoms. The Morgan fingerprint density at radius 3 is 2.88 bits per heavy atom. The molecule has 2 aromatic rings. The van der Waals surface area contributed by atoms with Gasteiger partial charge in [-0.05, 0) is 25.5 Å². The predicted molar refractivity (Wildman–Crippen MR) is 65.7 cm³/mol. The predicted octanol–water partition coefficient (Wildman–Crippen LogP) is 3.55. The number of rotatable bonds is 2. The average Bonchev–Trinajstić information content (AvgIpc) is 2.55. The zero-order chi connectivity index (χ0) is 11.9. The molecule has 0 spiro atoms. The number of hydrogen-bond donors (Lipinski definition) is 0. The molecule has 0 fully saturated rings. The molecule has 16 heavy (non-hydrogen) atoms. The summed E-state index contributed by atoms with van der Waals surface area (Å²) in [6.45, 7) is 7.54. The SMILES string of the molecule is C=C(C)c1c([N+](=O)[O-])cnc2cc(C)sc12. The minimum absolute atomic E-state index is 0.0295. The highest BCUT2D eigenvalue weighted by Gasteiger charge is 2.19. The molecule has 0 saturated heterocycles. The summed E-state index contributed by atoms with van der Waals surface area (Å²) in [6, 6.07) is 1.93. The number of aryl methyl sites for hydroxylation is 1. The second-order valence-corrected chi connectivity index (χ2v) is 4.88. The third kappa shape index (κ3) is 1.59. The maximum atomic E-state index is 10.9. The number of hydrogen-bond acceptors (Lipinski definition) is 4. The van der Waals surface area contributed by atoms with Gasteiger partial charge in [-0.1, -0.05) is 6.58 Å². The van der Waals surface area contributed by atoms with Crippen molar-refractivity contribution in [1.29, 1.82) is 0 Å². The standard InChI is InChI=1S/C11H10N2O2S/c1-6(2)10-9(13(14)15)5-12-8-4-7(3)16-11(8)10/h4-5H,1H2,2-3H3. The number of fused-ring (bicyclic) bond motifs is 1. The molecular weight excluding hydrogens is 224 g/mol. The first-order valence-corrected chi connectivity index (χ1v) is 5.51. The fourth-order valence-electron chi connectivity index (χ4n) is 1.64. The van der Waals surface area contributed by atoms with Crippen molar-refractivity contribution in [3.05, 3.63) is 39.4 Å². The summed E-state index contributed by atoms with van der Waals surface area (Å²) in [5, 5.41) is 10.9. The van der Waals surface area contributed by atoms with Crippen molar-refractivity contribution in [2.24, 2.45) is 0 Å². The highest BCUT2D eigenvalue weighted by atomic mass is 32.1. The lowest BCUT2D eigenvalue weighted by Gasteiger charge is -2.02. The van der Waals surface area contributed by atoms with Crippen LogP contribution in [0.2, 0.25) is 0 Å². The van der Waals surface area contributed by atoms with E-state index in [9.17, 15) is 10.1 Å². The summed E-state index contributed by atoms with van der Waals surface area (Å²) in [5.74, 6) is 0. The van der Waals surface area contributed by atoms with E-state index in [4.69, 9.17) is 0 Å². The molecule has 2 rings (SSSR count). The van der Waals surface area contributed by atoms with E-state index < -0.39 is 4.92 Å². The van der Waals surface area contributed by atoms with Crippen LogP contribution < -0.4 is 0 Å². The molecule has 0 aromatic carbocycles. The van der Waals surface area contributed by atoms with Crippen LogP contribution in [0.3, 0.4) is 0 Å². The molecule has 82 valence electrons. The Bertz CT molecular complexity index is 601. The topological polar surface area (TPSA) is 56.0 Å². The van der Waals surface area contributed by atoms with Crippen LogP contribution in [0.25, 0.3) is 15.8 Å². The van der Waals surface area contributed by atoms with E-state index in [1.807, 2.05) is 13.0 Å². The number of thiophene rings is 1. The molecule has 0 aliphatic rings. The Balaban J connectivity index is 2.88. The molecule has 0 radical (unpaired) electrons. The van der Waals surface area contributed by atoms with Gasteiger partial charge in [-0.3, -0.25) is 10.1 Å². The van der Waals surface area contributed by atoms with Crippen molar-refractivity contribution in [3.63, 3.8) is 0 Å². The first-order valence-electron chi connectivity index (χ1n) is 4.70. The fraction of sp³-hybridized carbons (Fsp3) is 0.182. The summed E-state index contributed by atoms with van der Waals surface area (Å²) in [6.07, 6.45) is 1.30. The van der Waals surface area contributed by atoms with Crippen molar-refractivity contribution in [3.8, 4) is 0 Å². The molecular formula is C11H10N2O2S. The maximum Gasteiger partial charge on any atom is 0.296 e. The zero-order valence-electron chi connectivity index (χ0n) is 8.98. The zero-order valence-corrected chi connectivity index (χ0v) is 9.80. The van der Waals surface area contributed by atoms with Crippen LogP contribution in [0.1, 0.15) is 17.4 Å². The van der Waals surface area contributed by atoms with Gasteiger partial charge in [0.2, 0.25) is 0 Å². The van der Waals surface area contributed by atoms with E-state index in [0.717, 1.165) is 15.1 Å². The summed E-state index contributed by atoms with van der Waals surface area (Å²) in [5.41, 5.74) is 2.13. The molecule has 2 heterocycles. The van der Waals surface area contributed by atoms with Crippen LogP contribution in [0.5, 0.6) is 0 Å². The minimum atomic E-state index is -0.411. The molecule has 5 heteroatoms. The van der Waals surface area contributed by atoms with Crippen LogP contribution in [0.15, 0.2) is 18.8 Å². The van der Waals surface area contributed by atoms with Gasteiger partial charge in [0, 0.05) is 4.88 Å². The monoisotopic (exact) mass is 234 g/mol. The Kier molecular flexibility index (Phi) is 2.47. The lowest BCUT2D eigenvalue weighted by atomic mass is 10.1. The normalized spacial score (nSPS) is 10.6. The third-order valence-electron chi connectivity index (χ3n) is 2.27. The summed E-state index contributed by atoms with van der Waals surface area (Å²) in [4.78, 5) is 15.7. The molecule has 2 aromatic heterocycles. The Morgan fingerprint density at radius 2 is 2.31 bits per heavy atom. The molecule has 0 amide bonds. The second-order valence-electron chi connectivity index (χ2n) is 3.63. The van der Waals surface area contributed by atoms with Gasteiger partial charge >= 0.3 is 0 Å². The fourth-order valence-corrected chi connectivity index (χ4v) is 2.73. The quantitative estimate of drug-likeness (QED) is 0.589. The lowest BCUT2D eigenvalue weighted by molar-refractivity contribution is -0.385. The average molecular weight is 234 g/mol. The van der Waals surface area contributed by atoms with Crippen LogP contribution in [-0.2, 0) is 0 Å². The Morgan fingerprint density at radius 1 is 1.62 bits per heavy atom. The minimum Gasteiger partial charge on any atom is -0.258 e. The van der Waals surface area contributed by atoms with Crippen molar-refractivity contribution >= 4 is 32.8 Å². The van der Waals surface area contributed by atoms with E-state index in [-0.39, 0.29) is 5.69 Å². The molecule has 0 aliphatic heterocycles. The Hall–Kier alpha value is -1.75. The molecule has 4 nitrogen and oxygen atoms in total. The summed E-state index contributed by atoms with van der Waals surface area (Å²) in [7, 11) is 0. The van der Waals surface area contributed by atoms with Gasteiger partial charge in [0.15, 0.2) is 0 Å². The van der Waals surface area contributed by atoms with E-state index in [1.54, 1.807) is 6.92 Å². The lowest BCUT2D eigenvalue weighted by Crippen LogP contribution is -1.94. The number of nitrogens with zero attached hydrogens (tertiary/aromatic N) is 2. The summed E-state index contributed by atoms with van der Waals surface area (Å²) >= 11 is 1.51. The first kappa shape index (κ1) is 10.8. The van der Waals surface area contributed by atoms with Gasteiger partial charge in [-0.15, -0.1) is 11.3 Å². The van der Waals surface area contributed by atoms with Crippen molar-refractivity contribution in [2.75, 3.05) is 0 Å². The van der Waals surface area contributed by atoms with Crippen molar-refractivity contribution in [1.82, 2.24) is 4.98 Å². The molecule has 0 saturated carbocycles. The van der Waals surface area contributed by atoms with Gasteiger partial charge in [-0.2, -0.15) is 0 Å². The van der Waals surface area contributed by atoms with Gasteiger partial charge < -0.3 is 0 Å². The van der Waals surface area contributed by atoms with Crippen LogP contribution in [0, 0.1) is 17.0 Å². The Labute approximate surface area is 96.4 Å². The van der Waals surface area contributed by atoms with E-state index >= 15 is 0 Å². The number of allylic oxidation sites excluding steroid dienone is 1. The van der Waals surface area contributed by atoms with E-state index in [0.29, 0.717) is 11.1 Å². The van der Waals surface area contributed by atoms with Gasteiger partial charge in [0.05, 0.1) is 20.7 Å². The van der Waals surface area contributed by atoms with Crippen molar-refractivity contribution in [2.45, 2.75) is 13.8 Å². The third-order valence-corrected chi connectivity index (χ3v) is 3.33. The molecule has 0 unspecified atom stereocenters. The van der Waals surface area contributed by atoms with Gasteiger partial charge in [0.1, 0.15) is 6.20 Å². The highest BCUT2D eigenvalue weighted by molar-refractivity contribution is 7.19. The van der Waals surface area contributed by atoms with Gasteiger partial charge in [0.25, 0.3) is 5.69 Å². The largest absolute Gasteiger partial charge is 0.296 e. The van der Waals surface area contributed by atoms with Crippen LogP contribution >= 0.6 is 11.3 Å². The maximum absolute atomic E-state index is 10.9. The molecule has 0 aliphatic carbocycles. The van der Waals surface area contributed by atoms with E-state index in [2.05, 4.69) is 11.6 Å². The first-order chi connectivity index (χ1) is 7.50. The van der Waals surface area contributed by atoms with Crippen LogP contribution in [0.4, 0.5) is 5.69 Å². The van der Waals surface area contributed by atoms with E-state index in [1.165, 1.54) is 17.5 Å². The van der Waals surface area contributed by atoms with Gasteiger partial charge in [-0.25, -0.2) is 4.98 Å². The molecule has 0 atom stereocenters. The summed E-state index contributed by atoms with van der Waals surface area (Å²) < 4.78 is 0.846. The number of pyridine rings is 1. The number of aromatic nitrogens is 1. The highest BCUT2D eigenvalue weighted by Crippen LogP contribution is 2.35. The smallest absolute Gasteiger partial charge is 0.258 e. The van der Waals surface area contributed by atoms with Crippen LogP contribution in [-0.4, -0.2) is 9.91 Å². The second kappa shape index (κ2) is 3.68. The molecule has 0 N–H and O–H groups in total.